The molecule has 2 aromatic carbocycles. The van der Waals surface area contributed by atoms with Gasteiger partial charge in [0.2, 0.25) is 0 Å². The lowest BCUT2D eigenvalue weighted by Crippen LogP contribution is -2.44. The first-order chi connectivity index (χ1) is 13.7. The Morgan fingerprint density at radius 3 is 2.43 bits per heavy atom. The SMILES string of the molecule is CN1CCN(c2ccc(C(=O)Nc3cccc(-c4ccccn4)c3)cc2)CC1. The van der Waals surface area contributed by atoms with Crippen molar-refractivity contribution >= 4 is 17.3 Å². The maximum atomic E-state index is 12.6. The minimum atomic E-state index is -0.108. The van der Waals surface area contributed by atoms with Crippen LogP contribution >= 0.6 is 0 Å². The van der Waals surface area contributed by atoms with Gasteiger partial charge in [0.05, 0.1) is 5.69 Å². The zero-order valence-corrected chi connectivity index (χ0v) is 16.0. The monoisotopic (exact) mass is 372 g/mol. The van der Waals surface area contributed by atoms with E-state index in [0.29, 0.717) is 5.56 Å². The Balaban J connectivity index is 1.44. The normalized spacial score (nSPS) is 14.7. The Morgan fingerprint density at radius 1 is 0.929 bits per heavy atom. The van der Waals surface area contributed by atoms with Gasteiger partial charge in [-0.25, -0.2) is 0 Å². The van der Waals surface area contributed by atoms with Crippen molar-refractivity contribution in [1.82, 2.24) is 9.88 Å². The maximum absolute atomic E-state index is 12.6. The minimum Gasteiger partial charge on any atom is -0.369 e. The fraction of sp³-hybridized carbons (Fsp3) is 0.217. The summed E-state index contributed by atoms with van der Waals surface area (Å²) in [6.07, 6.45) is 1.77. The Morgan fingerprint density at radius 2 is 1.71 bits per heavy atom. The van der Waals surface area contributed by atoms with Crippen molar-refractivity contribution in [1.29, 1.82) is 0 Å². The molecule has 5 nitrogen and oxygen atoms in total. The Kier molecular flexibility index (Phi) is 5.35. The van der Waals surface area contributed by atoms with E-state index in [1.54, 1.807) is 6.20 Å². The quantitative estimate of drug-likeness (QED) is 0.758. The highest BCUT2D eigenvalue weighted by Gasteiger charge is 2.15. The number of hydrogen-bond acceptors (Lipinski definition) is 4. The van der Waals surface area contributed by atoms with Crippen molar-refractivity contribution < 1.29 is 4.79 Å². The van der Waals surface area contributed by atoms with Gasteiger partial charge in [-0.15, -0.1) is 0 Å². The topological polar surface area (TPSA) is 48.5 Å². The van der Waals surface area contributed by atoms with Crippen LogP contribution in [-0.4, -0.2) is 49.0 Å². The summed E-state index contributed by atoms with van der Waals surface area (Å²) < 4.78 is 0. The molecule has 3 aromatic rings. The molecule has 1 aliphatic rings. The van der Waals surface area contributed by atoms with Gasteiger partial charge < -0.3 is 15.1 Å². The zero-order chi connectivity index (χ0) is 19.3. The van der Waals surface area contributed by atoms with Crippen LogP contribution in [0, 0.1) is 0 Å². The number of aromatic nitrogens is 1. The standard InChI is InChI=1S/C23H24N4O/c1-26-13-15-27(16-14-26)21-10-8-18(9-11-21)23(28)25-20-6-4-5-19(17-20)22-7-2-3-12-24-22/h2-12,17H,13-16H2,1H3,(H,25,28). The molecule has 28 heavy (non-hydrogen) atoms. The molecule has 4 rings (SSSR count). The number of rotatable bonds is 4. The Hall–Kier alpha value is -3.18. The largest absolute Gasteiger partial charge is 0.369 e. The lowest BCUT2D eigenvalue weighted by molar-refractivity contribution is 0.102. The van der Waals surface area contributed by atoms with E-state index >= 15 is 0 Å². The molecule has 0 saturated carbocycles. The molecule has 1 fully saturated rings. The van der Waals surface area contributed by atoms with Crippen LogP contribution < -0.4 is 10.2 Å². The molecule has 0 atom stereocenters. The zero-order valence-electron chi connectivity index (χ0n) is 16.0. The van der Waals surface area contributed by atoms with E-state index < -0.39 is 0 Å². The Bertz CT molecular complexity index is 932. The van der Waals surface area contributed by atoms with Crippen LogP contribution in [0.1, 0.15) is 10.4 Å². The molecule has 0 radical (unpaired) electrons. The fourth-order valence-electron chi connectivity index (χ4n) is 3.38. The van der Waals surface area contributed by atoms with Crippen LogP contribution in [0.2, 0.25) is 0 Å². The third-order valence-electron chi connectivity index (χ3n) is 5.08. The maximum Gasteiger partial charge on any atom is 0.255 e. The van der Waals surface area contributed by atoms with E-state index in [9.17, 15) is 4.79 Å². The van der Waals surface area contributed by atoms with Gasteiger partial charge in [0.25, 0.3) is 5.91 Å². The van der Waals surface area contributed by atoms with Gasteiger partial charge in [0.15, 0.2) is 0 Å². The summed E-state index contributed by atoms with van der Waals surface area (Å²) in [5.74, 6) is -0.108. The highest BCUT2D eigenvalue weighted by Crippen LogP contribution is 2.22. The lowest BCUT2D eigenvalue weighted by atomic mass is 10.1. The van der Waals surface area contributed by atoms with Crippen LogP contribution in [0.4, 0.5) is 11.4 Å². The second-order valence-electron chi connectivity index (χ2n) is 7.09. The van der Waals surface area contributed by atoms with Crippen LogP contribution in [0.25, 0.3) is 11.3 Å². The smallest absolute Gasteiger partial charge is 0.255 e. The van der Waals surface area contributed by atoms with Crippen molar-refractivity contribution in [3.05, 3.63) is 78.5 Å². The number of carbonyl (C=O) groups is 1. The summed E-state index contributed by atoms with van der Waals surface area (Å²) in [6, 6.07) is 21.4. The van der Waals surface area contributed by atoms with E-state index in [1.165, 1.54) is 5.69 Å². The molecule has 142 valence electrons. The molecule has 0 unspecified atom stereocenters. The first kappa shape index (κ1) is 18.2. The number of carbonyl (C=O) groups excluding carboxylic acids is 1. The highest BCUT2D eigenvalue weighted by atomic mass is 16.1. The molecule has 1 saturated heterocycles. The molecule has 1 N–H and O–H groups in total. The molecule has 0 aliphatic carbocycles. The first-order valence-corrected chi connectivity index (χ1v) is 9.55. The average Bonchev–Trinajstić information content (AvgIpc) is 2.75. The van der Waals surface area contributed by atoms with Crippen molar-refractivity contribution in [2.75, 3.05) is 43.4 Å². The average molecular weight is 372 g/mol. The van der Waals surface area contributed by atoms with Crippen LogP contribution in [0.3, 0.4) is 0 Å². The summed E-state index contributed by atoms with van der Waals surface area (Å²) in [6.45, 7) is 4.16. The number of pyridine rings is 1. The number of nitrogens with zero attached hydrogens (tertiary/aromatic N) is 3. The van der Waals surface area contributed by atoms with Gasteiger partial charge in [-0.05, 0) is 55.6 Å². The molecule has 5 heteroatoms. The summed E-state index contributed by atoms with van der Waals surface area (Å²) >= 11 is 0. The van der Waals surface area contributed by atoms with Gasteiger partial charge in [-0.2, -0.15) is 0 Å². The number of piperazine rings is 1. The molecule has 1 aromatic heterocycles. The Labute approximate surface area is 165 Å². The van der Waals surface area contributed by atoms with Crippen molar-refractivity contribution in [3.63, 3.8) is 0 Å². The molecular formula is C23H24N4O. The summed E-state index contributed by atoms with van der Waals surface area (Å²) in [5, 5.41) is 2.99. The van der Waals surface area contributed by atoms with Crippen LogP contribution in [0.5, 0.6) is 0 Å². The summed E-state index contributed by atoms with van der Waals surface area (Å²) in [4.78, 5) is 21.7. The minimum absolute atomic E-state index is 0.108. The van der Waals surface area contributed by atoms with Gasteiger partial charge >= 0.3 is 0 Å². The number of likely N-dealkylation sites (N-methyl/N-ethyl adjacent to an activating group) is 1. The predicted molar refractivity (Wildman–Crippen MR) is 114 cm³/mol. The van der Waals surface area contributed by atoms with E-state index in [4.69, 9.17) is 0 Å². The van der Waals surface area contributed by atoms with Gasteiger partial charge in [0.1, 0.15) is 0 Å². The second kappa shape index (κ2) is 8.23. The van der Waals surface area contributed by atoms with E-state index in [-0.39, 0.29) is 5.91 Å². The van der Waals surface area contributed by atoms with Crippen molar-refractivity contribution in [2.45, 2.75) is 0 Å². The van der Waals surface area contributed by atoms with Gasteiger partial charge in [-0.1, -0.05) is 18.2 Å². The van der Waals surface area contributed by atoms with Gasteiger partial charge in [-0.3, -0.25) is 9.78 Å². The number of nitrogens with one attached hydrogen (secondary N) is 1. The number of amides is 1. The molecule has 1 amide bonds. The van der Waals surface area contributed by atoms with Crippen molar-refractivity contribution in [3.8, 4) is 11.3 Å². The van der Waals surface area contributed by atoms with Gasteiger partial charge in [0, 0.05) is 54.9 Å². The fourth-order valence-corrected chi connectivity index (χ4v) is 3.38. The van der Waals surface area contributed by atoms with E-state index in [1.807, 2.05) is 66.7 Å². The molecule has 0 spiro atoms. The number of benzene rings is 2. The van der Waals surface area contributed by atoms with Crippen LogP contribution in [0.15, 0.2) is 72.9 Å². The molecule has 1 aliphatic heterocycles. The first-order valence-electron chi connectivity index (χ1n) is 9.55. The third-order valence-corrected chi connectivity index (χ3v) is 5.08. The predicted octanol–water partition coefficient (Wildman–Crippen LogP) is 3.75. The lowest BCUT2D eigenvalue weighted by Gasteiger charge is -2.34. The number of hydrogen-bond donors (Lipinski definition) is 1. The van der Waals surface area contributed by atoms with Crippen molar-refractivity contribution in [2.24, 2.45) is 0 Å². The summed E-state index contributed by atoms with van der Waals surface area (Å²) in [7, 11) is 2.15. The highest BCUT2D eigenvalue weighted by molar-refractivity contribution is 6.04. The molecule has 2 heterocycles. The molecular weight excluding hydrogens is 348 g/mol. The summed E-state index contributed by atoms with van der Waals surface area (Å²) in [5.41, 5.74) is 4.44. The second-order valence-corrected chi connectivity index (χ2v) is 7.09. The van der Waals surface area contributed by atoms with E-state index in [0.717, 1.165) is 43.1 Å². The number of anilines is 2. The van der Waals surface area contributed by atoms with E-state index in [2.05, 4.69) is 27.1 Å². The van der Waals surface area contributed by atoms with Crippen LogP contribution in [-0.2, 0) is 0 Å². The third kappa shape index (κ3) is 4.21. The molecule has 0 bridgehead atoms.